The number of benzene rings is 2. The minimum atomic E-state index is -0.762. The predicted octanol–water partition coefficient (Wildman–Crippen LogP) is 3.65. The Hall–Kier alpha value is -3.06. The van der Waals surface area contributed by atoms with Crippen molar-refractivity contribution < 1.29 is 19.1 Å². The van der Waals surface area contributed by atoms with Gasteiger partial charge in [0.05, 0.1) is 19.9 Å². The monoisotopic (exact) mass is 431 g/mol. The van der Waals surface area contributed by atoms with E-state index < -0.39 is 11.9 Å². The van der Waals surface area contributed by atoms with Crippen molar-refractivity contribution in [2.75, 3.05) is 13.7 Å². The molecule has 0 fully saturated rings. The first kappa shape index (κ1) is 23.2. The second kappa shape index (κ2) is 11.2. The van der Waals surface area contributed by atoms with Crippen LogP contribution in [0.4, 0.5) is 0 Å². The number of carbonyl (C=O) groups excluding carboxylic acids is 2. The molecular weight excluding hydrogens is 406 g/mol. The summed E-state index contributed by atoms with van der Waals surface area (Å²) in [6.45, 7) is 6.00. The summed E-state index contributed by atoms with van der Waals surface area (Å²) in [6.07, 6.45) is 1.48. The highest BCUT2D eigenvalue weighted by Crippen LogP contribution is 2.29. The fraction of sp³-hybridized carbons (Fsp3) is 0.318. The summed E-state index contributed by atoms with van der Waals surface area (Å²) in [7, 11) is 1.55. The molecule has 0 heterocycles. The van der Waals surface area contributed by atoms with Gasteiger partial charge in [-0.1, -0.05) is 31.5 Å². The first-order valence-electron chi connectivity index (χ1n) is 9.56. The van der Waals surface area contributed by atoms with Gasteiger partial charge in [0.2, 0.25) is 0 Å². The highest BCUT2D eigenvalue weighted by molar-refractivity contribution is 6.30. The number of amides is 2. The summed E-state index contributed by atoms with van der Waals surface area (Å²) in [4.78, 5) is 25.1. The van der Waals surface area contributed by atoms with Gasteiger partial charge < -0.3 is 14.8 Å². The molecule has 7 nitrogen and oxygen atoms in total. The second-order valence-corrected chi connectivity index (χ2v) is 7.18. The minimum Gasteiger partial charge on any atom is -0.493 e. The third-order valence-electron chi connectivity index (χ3n) is 4.24. The number of para-hydroxylation sites is 1. The quantitative estimate of drug-likeness (QED) is 0.468. The molecule has 2 aromatic carbocycles. The summed E-state index contributed by atoms with van der Waals surface area (Å²) >= 11 is 5.85. The third kappa shape index (κ3) is 6.22. The Balaban J connectivity index is 2.08. The number of rotatable bonds is 9. The van der Waals surface area contributed by atoms with Crippen LogP contribution in [0.15, 0.2) is 47.6 Å². The van der Waals surface area contributed by atoms with Gasteiger partial charge in [0.15, 0.2) is 11.5 Å². The molecule has 0 radical (unpaired) electrons. The Bertz CT molecular complexity index is 898. The zero-order valence-electron chi connectivity index (χ0n) is 17.4. The molecule has 0 bridgehead atoms. The fourth-order valence-corrected chi connectivity index (χ4v) is 2.82. The largest absolute Gasteiger partial charge is 0.493 e. The molecule has 0 spiro atoms. The topological polar surface area (TPSA) is 89.0 Å². The van der Waals surface area contributed by atoms with E-state index in [4.69, 9.17) is 21.1 Å². The maximum atomic E-state index is 12.6. The highest BCUT2D eigenvalue weighted by Gasteiger charge is 2.24. The average molecular weight is 432 g/mol. The van der Waals surface area contributed by atoms with Gasteiger partial charge in [-0.3, -0.25) is 9.59 Å². The molecule has 0 aromatic heterocycles. The number of nitrogens with one attached hydrogen (secondary N) is 2. The number of carbonyl (C=O) groups is 2. The van der Waals surface area contributed by atoms with Crippen LogP contribution >= 0.6 is 11.6 Å². The van der Waals surface area contributed by atoms with Crippen molar-refractivity contribution in [1.29, 1.82) is 0 Å². The van der Waals surface area contributed by atoms with Crippen LogP contribution < -0.4 is 20.2 Å². The van der Waals surface area contributed by atoms with E-state index in [1.165, 1.54) is 6.21 Å². The molecule has 0 aliphatic carbocycles. The Morgan fingerprint density at radius 3 is 2.47 bits per heavy atom. The number of hydrogen-bond donors (Lipinski definition) is 2. The summed E-state index contributed by atoms with van der Waals surface area (Å²) in [6, 6.07) is 11.1. The van der Waals surface area contributed by atoms with E-state index in [-0.39, 0.29) is 11.8 Å². The molecule has 30 heavy (non-hydrogen) atoms. The molecule has 0 aliphatic heterocycles. The number of hydrogen-bond acceptors (Lipinski definition) is 5. The van der Waals surface area contributed by atoms with Gasteiger partial charge in [-0.05, 0) is 49.2 Å². The number of hydrazone groups is 1. The molecule has 1 atom stereocenters. The van der Waals surface area contributed by atoms with Gasteiger partial charge in [-0.15, -0.1) is 0 Å². The van der Waals surface area contributed by atoms with Crippen molar-refractivity contribution >= 4 is 29.6 Å². The van der Waals surface area contributed by atoms with Crippen molar-refractivity contribution in [2.24, 2.45) is 11.0 Å². The van der Waals surface area contributed by atoms with Crippen molar-refractivity contribution in [1.82, 2.24) is 10.7 Å². The van der Waals surface area contributed by atoms with E-state index in [0.717, 1.165) is 0 Å². The van der Waals surface area contributed by atoms with Crippen LogP contribution in [0.1, 0.15) is 36.7 Å². The van der Waals surface area contributed by atoms with Gasteiger partial charge in [0, 0.05) is 16.1 Å². The van der Waals surface area contributed by atoms with Crippen LogP contribution in [-0.2, 0) is 4.79 Å². The first-order valence-corrected chi connectivity index (χ1v) is 9.94. The Labute approximate surface area is 181 Å². The number of ether oxygens (including phenoxy) is 2. The first-order chi connectivity index (χ1) is 14.4. The summed E-state index contributed by atoms with van der Waals surface area (Å²) in [5.41, 5.74) is 3.55. The summed E-state index contributed by atoms with van der Waals surface area (Å²) in [5, 5.41) is 7.29. The molecule has 1 unspecified atom stereocenters. The Morgan fingerprint density at radius 2 is 1.87 bits per heavy atom. The number of nitrogens with zero attached hydrogens (tertiary/aromatic N) is 1. The average Bonchev–Trinajstić information content (AvgIpc) is 2.73. The van der Waals surface area contributed by atoms with Crippen molar-refractivity contribution in [2.45, 2.75) is 26.8 Å². The lowest BCUT2D eigenvalue weighted by molar-refractivity contribution is -0.123. The van der Waals surface area contributed by atoms with Crippen LogP contribution in [0, 0.1) is 5.92 Å². The van der Waals surface area contributed by atoms with Crippen LogP contribution in [0.25, 0.3) is 0 Å². The molecule has 0 aliphatic rings. The zero-order valence-corrected chi connectivity index (χ0v) is 18.2. The van der Waals surface area contributed by atoms with Gasteiger partial charge >= 0.3 is 0 Å². The van der Waals surface area contributed by atoms with E-state index in [1.54, 1.807) is 49.6 Å². The lowest BCUT2D eigenvalue weighted by Crippen LogP contribution is -2.48. The maximum Gasteiger partial charge on any atom is 0.262 e. The number of methoxy groups -OCH3 is 1. The standard InChI is InChI=1S/C22H26ClN3O4/c1-5-30-20-16(7-6-8-18(20)29-4)13-24-26-22(28)19(14(2)3)25-21(27)15-9-11-17(23)12-10-15/h6-14,19H,5H2,1-4H3,(H,25,27)(H,26,28)/b24-13+. The van der Waals surface area contributed by atoms with Crippen molar-refractivity contribution in [3.63, 3.8) is 0 Å². The molecule has 2 amide bonds. The fourth-order valence-electron chi connectivity index (χ4n) is 2.69. The Kier molecular flexibility index (Phi) is 8.68. The Morgan fingerprint density at radius 1 is 1.17 bits per heavy atom. The van der Waals surface area contributed by atoms with Crippen molar-refractivity contribution in [3.8, 4) is 11.5 Å². The predicted molar refractivity (Wildman–Crippen MR) is 117 cm³/mol. The van der Waals surface area contributed by atoms with E-state index in [0.29, 0.717) is 34.3 Å². The second-order valence-electron chi connectivity index (χ2n) is 6.75. The van der Waals surface area contributed by atoms with E-state index in [1.807, 2.05) is 20.8 Å². The molecular formula is C22H26ClN3O4. The third-order valence-corrected chi connectivity index (χ3v) is 4.49. The smallest absolute Gasteiger partial charge is 0.262 e. The molecule has 0 saturated heterocycles. The molecule has 2 rings (SSSR count). The summed E-state index contributed by atoms with van der Waals surface area (Å²) in [5.74, 6) is 0.173. The molecule has 2 aromatic rings. The lowest BCUT2D eigenvalue weighted by atomic mass is 10.0. The normalized spacial score (nSPS) is 11.9. The van der Waals surface area contributed by atoms with Crippen LogP contribution in [0.2, 0.25) is 5.02 Å². The van der Waals surface area contributed by atoms with Crippen LogP contribution in [-0.4, -0.2) is 37.8 Å². The van der Waals surface area contributed by atoms with Gasteiger partial charge in [-0.2, -0.15) is 5.10 Å². The van der Waals surface area contributed by atoms with Gasteiger partial charge in [0.1, 0.15) is 6.04 Å². The minimum absolute atomic E-state index is 0.146. The van der Waals surface area contributed by atoms with E-state index >= 15 is 0 Å². The SMILES string of the molecule is CCOc1c(/C=N/NC(=O)C(NC(=O)c2ccc(Cl)cc2)C(C)C)cccc1OC. The van der Waals surface area contributed by atoms with Crippen molar-refractivity contribution in [3.05, 3.63) is 58.6 Å². The maximum absolute atomic E-state index is 12.6. The summed E-state index contributed by atoms with van der Waals surface area (Å²) < 4.78 is 10.9. The van der Waals surface area contributed by atoms with E-state index in [9.17, 15) is 9.59 Å². The zero-order chi connectivity index (χ0) is 22.1. The molecule has 8 heteroatoms. The number of halogens is 1. The van der Waals surface area contributed by atoms with E-state index in [2.05, 4.69) is 15.8 Å². The van der Waals surface area contributed by atoms with Crippen LogP contribution in [0.5, 0.6) is 11.5 Å². The van der Waals surface area contributed by atoms with Crippen LogP contribution in [0.3, 0.4) is 0 Å². The lowest BCUT2D eigenvalue weighted by Gasteiger charge is -2.20. The molecule has 0 saturated carbocycles. The highest BCUT2D eigenvalue weighted by atomic mass is 35.5. The molecule has 160 valence electrons. The van der Waals surface area contributed by atoms with Gasteiger partial charge in [0.25, 0.3) is 11.8 Å². The molecule has 2 N–H and O–H groups in total. The van der Waals surface area contributed by atoms with Gasteiger partial charge in [-0.25, -0.2) is 5.43 Å².